The molecule has 0 fully saturated rings. The Labute approximate surface area is 135 Å². The predicted octanol–water partition coefficient (Wildman–Crippen LogP) is 4.75. The minimum Gasteiger partial charge on any atom is -0.373 e. The van der Waals surface area contributed by atoms with Gasteiger partial charge in [0.1, 0.15) is 5.69 Å². The molecule has 0 spiro atoms. The van der Waals surface area contributed by atoms with Crippen LogP contribution in [0.25, 0.3) is 0 Å². The monoisotopic (exact) mass is 312 g/mol. The van der Waals surface area contributed by atoms with Crippen molar-refractivity contribution in [1.29, 1.82) is 0 Å². The molecule has 0 bridgehead atoms. The summed E-state index contributed by atoms with van der Waals surface area (Å²) >= 11 is 0. The van der Waals surface area contributed by atoms with E-state index in [-0.39, 0.29) is 17.5 Å². The van der Waals surface area contributed by atoms with Gasteiger partial charge in [-0.15, -0.1) is 0 Å². The number of carbonyl (C=O) groups excluding carboxylic acids is 1. The van der Waals surface area contributed by atoms with E-state index in [2.05, 4.69) is 12.2 Å². The third kappa shape index (κ3) is 4.16. The number of nitrogens with one attached hydrogen (secondary N) is 1. The lowest BCUT2D eigenvalue weighted by Crippen LogP contribution is -2.12. The van der Waals surface area contributed by atoms with E-state index < -0.39 is 4.92 Å². The number of anilines is 1. The van der Waals surface area contributed by atoms with E-state index in [0.29, 0.717) is 11.3 Å². The minimum absolute atomic E-state index is 0.0110. The first-order valence-corrected chi connectivity index (χ1v) is 7.63. The number of nitro groups is 1. The summed E-state index contributed by atoms with van der Waals surface area (Å²) in [6.45, 7) is 3.47. The maximum atomic E-state index is 11.4. The number of rotatable bonds is 7. The Morgan fingerprint density at radius 2 is 1.91 bits per heavy atom. The molecular formula is C18H20N2O3. The fraction of sp³-hybridized carbons (Fsp3) is 0.278. The Hall–Kier alpha value is -2.69. The van der Waals surface area contributed by atoms with Gasteiger partial charge in [0.25, 0.3) is 5.69 Å². The summed E-state index contributed by atoms with van der Waals surface area (Å²) in [5, 5.41) is 14.6. The number of ketones is 1. The van der Waals surface area contributed by atoms with Gasteiger partial charge in [-0.3, -0.25) is 14.9 Å². The maximum absolute atomic E-state index is 11.4. The molecule has 23 heavy (non-hydrogen) atoms. The lowest BCUT2D eigenvalue weighted by Gasteiger charge is -2.20. The van der Waals surface area contributed by atoms with Crippen molar-refractivity contribution in [1.82, 2.24) is 0 Å². The molecule has 0 heterocycles. The Morgan fingerprint density at radius 1 is 1.22 bits per heavy atom. The number of nitro benzene ring substituents is 1. The van der Waals surface area contributed by atoms with Crippen LogP contribution in [0, 0.1) is 10.1 Å². The van der Waals surface area contributed by atoms with Gasteiger partial charge >= 0.3 is 0 Å². The van der Waals surface area contributed by atoms with E-state index in [1.54, 1.807) is 12.1 Å². The van der Waals surface area contributed by atoms with Gasteiger partial charge in [-0.2, -0.15) is 0 Å². The van der Waals surface area contributed by atoms with Crippen LogP contribution in [0.4, 0.5) is 11.4 Å². The van der Waals surface area contributed by atoms with E-state index >= 15 is 0 Å². The van der Waals surface area contributed by atoms with Crippen LogP contribution in [0.3, 0.4) is 0 Å². The normalized spacial score (nSPS) is 11.7. The first-order chi connectivity index (χ1) is 11.0. The van der Waals surface area contributed by atoms with Crippen LogP contribution in [-0.4, -0.2) is 10.7 Å². The quantitative estimate of drug-likeness (QED) is 0.455. The Kier molecular flexibility index (Phi) is 5.46. The second kappa shape index (κ2) is 7.54. The highest BCUT2D eigenvalue weighted by Crippen LogP contribution is 2.31. The first-order valence-electron chi connectivity index (χ1n) is 7.63. The second-order valence-corrected chi connectivity index (χ2v) is 5.44. The standard InChI is InChI=1S/C18H20N2O3/c1-3-7-16(14-8-5-4-6-9-14)19-17-11-10-15(13(2)21)12-18(17)20(22)23/h4-6,8-12,16,19H,3,7H2,1-2H3/t16-/m1/s1. The van der Waals surface area contributed by atoms with Crippen molar-refractivity contribution in [3.63, 3.8) is 0 Å². The summed E-state index contributed by atoms with van der Waals surface area (Å²) in [6, 6.07) is 14.4. The Balaban J connectivity index is 2.36. The molecule has 0 saturated carbocycles. The van der Waals surface area contributed by atoms with Crippen molar-refractivity contribution in [3.05, 3.63) is 69.8 Å². The molecule has 0 aliphatic carbocycles. The van der Waals surface area contributed by atoms with Gasteiger partial charge in [-0.05, 0) is 31.0 Å². The number of benzene rings is 2. The molecule has 0 radical (unpaired) electrons. The van der Waals surface area contributed by atoms with Gasteiger partial charge in [0, 0.05) is 11.6 Å². The van der Waals surface area contributed by atoms with Crippen LogP contribution in [0.15, 0.2) is 48.5 Å². The van der Waals surface area contributed by atoms with Gasteiger partial charge in [0.05, 0.1) is 11.0 Å². The smallest absolute Gasteiger partial charge is 0.293 e. The zero-order valence-corrected chi connectivity index (χ0v) is 13.3. The van der Waals surface area contributed by atoms with Crippen molar-refractivity contribution in [3.8, 4) is 0 Å². The van der Waals surface area contributed by atoms with E-state index in [1.807, 2.05) is 30.3 Å². The van der Waals surface area contributed by atoms with Crippen LogP contribution in [0.2, 0.25) is 0 Å². The number of Topliss-reactive ketones (excluding diaryl/α,β-unsaturated/α-hetero) is 1. The molecule has 2 rings (SSSR count). The van der Waals surface area contributed by atoms with E-state index in [4.69, 9.17) is 0 Å². The molecule has 0 amide bonds. The van der Waals surface area contributed by atoms with Gasteiger partial charge in [0.15, 0.2) is 5.78 Å². The van der Waals surface area contributed by atoms with Crippen LogP contribution < -0.4 is 5.32 Å². The lowest BCUT2D eigenvalue weighted by molar-refractivity contribution is -0.384. The summed E-state index contributed by atoms with van der Waals surface area (Å²) < 4.78 is 0. The van der Waals surface area contributed by atoms with Crippen molar-refractivity contribution in [2.75, 3.05) is 5.32 Å². The molecule has 5 heteroatoms. The molecule has 2 aromatic carbocycles. The van der Waals surface area contributed by atoms with E-state index in [0.717, 1.165) is 18.4 Å². The third-order valence-electron chi connectivity index (χ3n) is 3.71. The summed E-state index contributed by atoms with van der Waals surface area (Å²) in [6.07, 6.45) is 1.81. The van der Waals surface area contributed by atoms with Crippen LogP contribution in [0.1, 0.15) is 48.7 Å². The number of hydrogen-bond acceptors (Lipinski definition) is 4. The molecular weight excluding hydrogens is 292 g/mol. The highest BCUT2D eigenvalue weighted by molar-refractivity contribution is 5.95. The molecule has 1 atom stereocenters. The van der Waals surface area contributed by atoms with E-state index in [9.17, 15) is 14.9 Å². The highest BCUT2D eigenvalue weighted by Gasteiger charge is 2.19. The SMILES string of the molecule is CCC[C@@H](Nc1ccc(C(C)=O)cc1[N+](=O)[O-])c1ccccc1. The molecule has 0 aromatic heterocycles. The molecule has 0 saturated heterocycles. The van der Waals surface area contributed by atoms with Crippen LogP contribution >= 0.6 is 0 Å². The highest BCUT2D eigenvalue weighted by atomic mass is 16.6. The predicted molar refractivity (Wildman–Crippen MR) is 90.8 cm³/mol. The summed E-state index contributed by atoms with van der Waals surface area (Å²) in [4.78, 5) is 22.3. The summed E-state index contributed by atoms with van der Waals surface area (Å²) in [5.41, 5.74) is 1.78. The summed E-state index contributed by atoms with van der Waals surface area (Å²) in [7, 11) is 0. The van der Waals surface area contributed by atoms with Gasteiger partial charge in [0.2, 0.25) is 0 Å². The van der Waals surface area contributed by atoms with Gasteiger partial charge in [-0.25, -0.2) is 0 Å². The van der Waals surface area contributed by atoms with Crippen LogP contribution in [0.5, 0.6) is 0 Å². The lowest BCUT2D eigenvalue weighted by atomic mass is 10.0. The zero-order chi connectivity index (χ0) is 16.8. The first kappa shape index (κ1) is 16.7. The number of hydrogen-bond donors (Lipinski definition) is 1. The molecule has 120 valence electrons. The fourth-order valence-electron chi connectivity index (χ4n) is 2.51. The summed E-state index contributed by atoms with van der Waals surface area (Å²) in [5.74, 6) is -0.187. The molecule has 0 aliphatic rings. The Bertz CT molecular complexity index is 699. The zero-order valence-electron chi connectivity index (χ0n) is 13.3. The second-order valence-electron chi connectivity index (χ2n) is 5.44. The molecule has 1 N–H and O–H groups in total. The van der Waals surface area contributed by atoms with Crippen molar-refractivity contribution < 1.29 is 9.72 Å². The van der Waals surface area contributed by atoms with E-state index in [1.165, 1.54) is 13.0 Å². The average molecular weight is 312 g/mol. The minimum atomic E-state index is -0.456. The van der Waals surface area contributed by atoms with Crippen LogP contribution in [-0.2, 0) is 0 Å². The van der Waals surface area contributed by atoms with Gasteiger partial charge < -0.3 is 5.32 Å². The number of nitrogens with zero attached hydrogens (tertiary/aromatic N) is 1. The fourth-order valence-corrected chi connectivity index (χ4v) is 2.51. The average Bonchev–Trinajstić information content (AvgIpc) is 2.55. The maximum Gasteiger partial charge on any atom is 0.293 e. The van der Waals surface area contributed by atoms with Crippen molar-refractivity contribution in [2.24, 2.45) is 0 Å². The molecule has 5 nitrogen and oxygen atoms in total. The number of carbonyl (C=O) groups is 1. The van der Waals surface area contributed by atoms with Crippen molar-refractivity contribution >= 4 is 17.2 Å². The molecule has 0 unspecified atom stereocenters. The van der Waals surface area contributed by atoms with Gasteiger partial charge in [-0.1, -0.05) is 43.7 Å². The van der Waals surface area contributed by atoms with Crippen molar-refractivity contribution in [2.45, 2.75) is 32.7 Å². The molecule has 2 aromatic rings. The topological polar surface area (TPSA) is 72.2 Å². The molecule has 0 aliphatic heterocycles. The third-order valence-corrected chi connectivity index (χ3v) is 3.71. The Morgan fingerprint density at radius 3 is 2.48 bits per heavy atom. The largest absolute Gasteiger partial charge is 0.373 e.